The Kier molecular flexibility index (Phi) is 9.31. The van der Waals surface area contributed by atoms with Crippen molar-refractivity contribution >= 4 is 0 Å². The third kappa shape index (κ3) is 6.05. The van der Waals surface area contributed by atoms with Gasteiger partial charge in [0.1, 0.15) is 11.5 Å². The highest BCUT2D eigenvalue weighted by atomic mass is 16.3. The molecule has 0 radical (unpaired) electrons. The lowest BCUT2D eigenvalue weighted by Gasteiger charge is -2.48. The highest BCUT2D eigenvalue weighted by molar-refractivity contribution is 5.28. The van der Waals surface area contributed by atoms with Gasteiger partial charge in [-0.05, 0) is 72.2 Å². The second-order valence-electron chi connectivity index (χ2n) is 10.2. The summed E-state index contributed by atoms with van der Waals surface area (Å²) in [4.78, 5) is 0. The standard InChI is InChI=1S/C28H46O2/c1-6-9-10-11-12-13-14-15-24(25-20-22(29)16-18-27(25,4)7-2)26-21-23(30)17-19-28(26,5)8-3/h16-21,24-26,29-30H,6-15H2,1-5H3. The van der Waals surface area contributed by atoms with Gasteiger partial charge in [0, 0.05) is 0 Å². The maximum atomic E-state index is 10.4. The predicted octanol–water partition coefficient (Wildman–Crippen LogP) is 8.83. The third-order valence-electron chi connectivity index (χ3n) is 8.08. The van der Waals surface area contributed by atoms with E-state index in [1.54, 1.807) is 0 Å². The first-order valence-electron chi connectivity index (χ1n) is 12.5. The maximum Gasteiger partial charge on any atom is 0.111 e. The molecule has 0 saturated heterocycles. The second-order valence-corrected chi connectivity index (χ2v) is 10.2. The fourth-order valence-electron chi connectivity index (χ4n) is 5.49. The summed E-state index contributed by atoms with van der Waals surface area (Å²) in [6, 6.07) is 0. The zero-order chi connectivity index (χ0) is 22.2. The fourth-order valence-corrected chi connectivity index (χ4v) is 5.49. The highest BCUT2D eigenvalue weighted by Gasteiger charge is 2.45. The molecule has 2 heteroatoms. The fraction of sp³-hybridized carbons (Fsp3) is 0.714. The van der Waals surface area contributed by atoms with Crippen LogP contribution in [-0.4, -0.2) is 10.2 Å². The second kappa shape index (κ2) is 11.3. The summed E-state index contributed by atoms with van der Waals surface area (Å²) in [6.45, 7) is 11.4. The maximum absolute atomic E-state index is 10.4. The molecule has 2 aliphatic carbocycles. The van der Waals surface area contributed by atoms with E-state index in [0.717, 1.165) is 19.3 Å². The SMILES string of the molecule is CCCCCCCCCC(C1C=C(O)C=CC1(C)CC)C1C=C(O)C=CC1(C)CC. The Bertz CT molecular complexity index is 608. The summed E-state index contributed by atoms with van der Waals surface area (Å²) >= 11 is 0. The number of hydrogen-bond donors (Lipinski definition) is 2. The molecule has 170 valence electrons. The van der Waals surface area contributed by atoms with Gasteiger partial charge < -0.3 is 10.2 Å². The van der Waals surface area contributed by atoms with Crippen LogP contribution < -0.4 is 0 Å². The molecule has 0 fully saturated rings. The van der Waals surface area contributed by atoms with E-state index >= 15 is 0 Å². The lowest BCUT2D eigenvalue weighted by molar-refractivity contribution is 0.0955. The molecule has 0 spiro atoms. The Hall–Kier alpha value is -1.44. The molecule has 0 aromatic heterocycles. The van der Waals surface area contributed by atoms with Crippen LogP contribution in [0, 0.1) is 28.6 Å². The van der Waals surface area contributed by atoms with Gasteiger partial charge in [0.2, 0.25) is 0 Å². The Morgan fingerprint density at radius 3 is 1.60 bits per heavy atom. The van der Waals surface area contributed by atoms with Gasteiger partial charge >= 0.3 is 0 Å². The average Bonchev–Trinajstić information content (AvgIpc) is 2.74. The van der Waals surface area contributed by atoms with E-state index in [1.165, 1.54) is 44.9 Å². The molecule has 4 atom stereocenters. The molecule has 0 saturated carbocycles. The van der Waals surface area contributed by atoms with Crippen molar-refractivity contribution < 1.29 is 10.2 Å². The quantitative estimate of drug-likeness (QED) is 0.313. The molecule has 0 aliphatic heterocycles. The predicted molar refractivity (Wildman–Crippen MR) is 130 cm³/mol. The summed E-state index contributed by atoms with van der Waals surface area (Å²) in [7, 11) is 0. The first-order valence-corrected chi connectivity index (χ1v) is 12.5. The molecule has 0 aromatic carbocycles. The van der Waals surface area contributed by atoms with Crippen molar-refractivity contribution in [3.63, 3.8) is 0 Å². The third-order valence-corrected chi connectivity index (χ3v) is 8.08. The summed E-state index contributed by atoms with van der Waals surface area (Å²) in [5.41, 5.74) is 0.0780. The van der Waals surface area contributed by atoms with Gasteiger partial charge in [-0.3, -0.25) is 0 Å². The van der Waals surface area contributed by atoms with Gasteiger partial charge in [-0.2, -0.15) is 0 Å². The molecule has 2 N–H and O–H groups in total. The number of aliphatic hydroxyl groups excluding tert-OH is 2. The monoisotopic (exact) mass is 414 g/mol. The minimum absolute atomic E-state index is 0.0390. The van der Waals surface area contributed by atoms with Gasteiger partial charge in [0.05, 0.1) is 0 Å². The van der Waals surface area contributed by atoms with Crippen LogP contribution in [-0.2, 0) is 0 Å². The van der Waals surface area contributed by atoms with E-state index in [-0.39, 0.29) is 22.7 Å². The van der Waals surface area contributed by atoms with Crippen LogP contribution in [0.5, 0.6) is 0 Å². The largest absolute Gasteiger partial charge is 0.508 e. The van der Waals surface area contributed by atoms with Gasteiger partial charge in [-0.15, -0.1) is 0 Å². The lowest BCUT2D eigenvalue weighted by Crippen LogP contribution is -2.41. The molecule has 0 aromatic rings. The van der Waals surface area contributed by atoms with Crippen LogP contribution in [0.15, 0.2) is 48.0 Å². The molecule has 30 heavy (non-hydrogen) atoms. The minimum Gasteiger partial charge on any atom is -0.508 e. The van der Waals surface area contributed by atoms with Crippen LogP contribution >= 0.6 is 0 Å². The van der Waals surface area contributed by atoms with E-state index in [4.69, 9.17) is 0 Å². The van der Waals surface area contributed by atoms with Crippen molar-refractivity contribution in [2.45, 2.75) is 98.8 Å². The molecule has 2 rings (SSSR count). The van der Waals surface area contributed by atoms with Crippen molar-refractivity contribution in [3.05, 3.63) is 48.0 Å². The van der Waals surface area contributed by atoms with E-state index in [0.29, 0.717) is 17.4 Å². The number of rotatable bonds is 12. The molecule has 0 heterocycles. The van der Waals surface area contributed by atoms with Crippen molar-refractivity contribution in [2.75, 3.05) is 0 Å². The normalized spacial score (nSPS) is 32.0. The van der Waals surface area contributed by atoms with Crippen molar-refractivity contribution in [2.24, 2.45) is 28.6 Å². The van der Waals surface area contributed by atoms with Crippen molar-refractivity contribution in [3.8, 4) is 0 Å². The smallest absolute Gasteiger partial charge is 0.111 e. The lowest BCUT2D eigenvalue weighted by atomic mass is 9.56. The molecule has 2 nitrogen and oxygen atoms in total. The molecule has 0 bridgehead atoms. The summed E-state index contributed by atoms with van der Waals surface area (Å²) in [5.74, 6) is 1.74. The number of unbranched alkanes of at least 4 members (excludes halogenated alkanes) is 6. The molecular formula is C28H46O2. The van der Waals surface area contributed by atoms with Crippen LogP contribution in [0.2, 0.25) is 0 Å². The molecule has 4 unspecified atom stereocenters. The summed E-state index contributed by atoms with van der Waals surface area (Å²) < 4.78 is 0. The van der Waals surface area contributed by atoms with Gasteiger partial charge in [-0.1, -0.05) is 91.7 Å². The van der Waals surface area contributed by atoms with Crippen LogP contribution in [0.1, 0.15) is 98.8 Å². The topological polar surface area (TPSA) is 40.5 Å². The number of hydrogen-bond acceptors (Lipinski definition) is 2. The Balaban J connectivity index is 2.24. The van der Waals surface area contributed by atoms with Crippen LogP contribution in [0.3, 0.4) is 0 Å². The number of allylic oxidation sites excluding steroid dienone is 6. The molecule has 0 amide bonds. The zero-order valence-electron chi connectivity index (χ0n) is 20.2. The van der Waals surface area contributed by atoms with Crippen LogP contribution in [0.25, 0.3) is 0 Å². The Morgan fingerprint density at radius 2 is 1.17 bits per heavy atom. The first kappa shape index (κ1) is 24.8. The molecule has 2 aliphatic rings. The highest BCUT2D eigenvalue weighted by Crippen LogP contribution is 2.52. The van der Waals surface area contributed by atoms with E-state index in [9.17, 15) is 10.2 Å². The summed E-state index contributed by atoms with van der Waals surface area (Å²) in [5, 5.41) is 20.8. The van der Waals surface area contributed by atoms with E-state index < -0.39 is 0 Å². The van der Waals surface area contributed by atoms with E-state index in [1.807, 2.05) is 12.2 Å². The van der Waals surface area contributed by atoms with Gasteiger partial charge in [0.25, 0.3) is 0 Å². The van der Waals surface area contributed by atoms with Crippen LogP contribution in [0.4, 0.5) is 0 Å². The minimum atomic E-state index is 0.0390. The Morgan fingerprint density at radius 1 is 0.733 bits per heavy atom. The van der Waals surface area contributed by atoms with Gasteiger partial charge in [-0.25, -0.2) is 0 Å². The first-order chi connectivity index (χ1) is 14.3. The summed E-state index contributed by atoms with van der Waals surface area (Å²) in [6.07, 6.45) is 24.8. The zero-order valence-corrected chi connectivity index (χ0v) is 20.2. The van der Waals surface area contributed by atoms with E-state index in [2.05, 4.69) is 58.9 Å². The average molecular weight is 415 g/mol. The molecular weight excluding hydrogens is 368 g/mol. The Labute approximate surface area is 185 Å². The number of aliphatic hydroxyl groups is 2. The van der Waals surface area contributed by atoms with Crippen molar-refractivity contribution in [1.29, 1.82) is 0 Å². The van der Waals surface area contributed by atoms with Crippen molar-refractivity contribution in [1.82, 2.24) is 0 Å². The van der Waals surface area contributed by atoms with Gasteiger partial charge in [0.15, 0.2) is 0 Å².